The predicted molar refractivity (Wildman–Crippen MR) is 96.6 cm³/mol. The molecule has 0 bridgehead atoms. The summed E-state index contributed by atoms with van der Waals surface area (Å²) in [4.78, 5) is 7.45. The van der Waals surface area contributed by atoms with Gasteiger partial charge in [0.25, 0.3) is 0 Å². The topological polar surface area (TPSA) is 16.1 Å². The Morgan fingerprint density at radius 3 is 2.09 bits per heavy atom. The van der Waals surface area contributed by atoms with Gasteiger partial charge in [0.2, 0.25) is 0 Å². The van der Waals surface area contributed by atoms with Crippen LogP contribution in [0.4, 0.5) is 5.69 Å². The van der Waals surface area contributed by atoms with Crippen molar-refractivity contribution in [2.45, 2.75) is 87.2 Å². The summed E-state index contributed by atoms with van der Waals surface area (Å²) >= 11 is 0. The fourth-order valence-electron chi connectivity index (χ4n) is 4.70. The third kappa shape index (κ3) is 1.95. The van der Waals surface area contributed by atoms with Crippen LogP contribution in [0.15, 0.2) is 6.07 Å². The number of aryl methyl sites for hydroxylation is 3. The van der Waals surface area contributed by atoms with Crippen LogP contribution < -0.4 is 4.90 Å². The second kappa shape index (κ2) is 4.97. The van der Waals surface area contributed by atoms with Gasteiger partial charge in [-0.1, -0.05) is 34.6 Å². The van der Waals surface area contributed by atoms with E-state index in [1.165, 1.54) is 11.3 Å². The van der Waals surface area contributed by atoms with Crippen LogP contribution in [0, 0.1) is 31.6 Å². The number of rotatable bonds is 2. The molecular formula is C20H34N2. The molecule has 1 aliphatic heterocycles. The first-order valence-electron chi connectivity index (χ1n) is 8.66. The van der Waals surface area contributed by atoms with Gasteiger partial charge in [0, 0.05) is 17.3 Å². The first-order valence-corrected chi connectivity index (χ1v) is 8.66. The van der Waals surface area contributed by atoms with Gasteiger partial charge in [0.1, 0.15) is 0 Å². The summed E-state index contributed by atoms with van der Waals surface area (Å²) in [6.45, 7) is 23.4. The number of aromatic nitrogens is 1. The predicted octanol–water partition coefficient (Wildman–Crippen LogP) is 5.44. The third-order valence-electron chi connectivity index (χ3n) is 7.34. The highest BCUT2D eigenvalue weighted by molar-refractivity contribution is 5.62. The highest BCUT2D eigenvalue weighted by Crippen LogP contribution is 2.61. The minimum atomic E-state index is 0.127. The lowest BCUT2D eigenvalue weighted by Gasteiger charge is -2.48. The van der Waals surface area contributed by atoms with Gasteiger partial charge in [0.05, 0.1) is 11.4 Å². The number of hydrogen-bond donors (Lipinski definition) is 0. The fraction of sp³-hybridized carbons (Fsp3) is 0.750. The number of hydrogen-bond acceptors (Lipinski definition) is 2. The van der Waals surface area contributed by atoms with Crippen LogP contribution in [-0.2, 0) is 0 Å². The summed E-state index contributed by atoms with van der Waals surface area (Å²) in [6.07, 6.45) is 1.14. The van der Waals surface area contributed by atoms with E-state index >= 15 is 0 Å². The lowest BCUT2D eigenvalue weighted by molar-refractivity contribution is 0.0837. The van der Waals surface area contributed by atoms with Crippen molar-refractivity contribution in [3.8, 4) is 0 Å². The van der Waals surface area contributed by atoms with E-state index in [9.17, 15) is 0 Å². The molecule has 2 heterocycles. The van der Waals surface area contributed by atoms with Crippen molar-refractivity contribution in [3.05, 3.63) is 23.0 Å². The highest BCUT2D eigenvalue weighted by Gasteiger charge is 2.63. The summed E-state index contributed by atoms with van der Waals surface area (Å²) in [7, 11) is 0. The van der Waals surface area contributed by atoms with E-state index < -0.39 is 0 Å². The molecular weight excluding hydrogens is 268 g/mol. The Kier molecular flexibility index (Phi) is 3.91. The molecule has 2 rings (SSSR count). The van der Waals surface area contributed by atoms with Gasteiger partial charge in [0.15, 0.2) is 0 Å². The Morgan fingerprint density at radius 2 is 1.64 bits per heavy atom. The van der Waals surface area contributed by atoms with E-state index in [0.717, 1.165) is 17.8 Å². The quantitative estimate of drug-likeness (QED) is 0.723. The van der Waals surface area contributed by atoms with E-state index in [2.05, 4.69) is 80.2 Å². The normalized spacial score (nSPS) is 29.9. The Morgan fingerprint density at radius 1 is 1.09 bits per heavy atom. The van der Waals surface area contributed by atoms with E-state index in [0.29, 0.717) is 6.04 Å². The standard InChI is InChI=1S/C20H34N2/c1-11-20(10)19(8,9)18(6,7)16(5)22(20)17-13(2)12-14(3)21-15(17)4/h12,16H,11H2,1-10H3/t16-,20?/m0/s1. The SMILES string of the molecule is CCC1(C)N(c2c(C)cc(C)nc2C)[C@@H](C)C(C)(C)C1(C)C. The zero-order chi connectivity index (χ0) is 17.1. The summed E-state index contributed by atoms with van der Waals surface area (Å²) < 4.78 is 0. The molecule has 2 heteroatoms. The second-order valence-electron chi connectivity index (χ2n) is 8.53. The first kappa shape index (κ1) is 17.3. The smallest absolute Gasteiger partial charge is 0.0619 e. The summed E-state index contributed by atoms with van der Waals surface area (Å²) in [5, 5.41) is 0. The molecule has 1 saturated heterocycles. The lowest BCUT2D eigenvalue weighted by Crippen LogP contribution is -2.51. The molecule has 0 spiro atoms. The molecule has 0 aromatic carbocycles. The van der Waals surface area contributed by atoms with Crippen LogP contribution in [0.25, 0.3) is 0 Å². The summed E-state index contributed by atoms with van der Waals surface area (Å²) in [5.74, 6) is 0. The van der Waals surface area contributed by atoms with Crippen molar-refractivity contribution >= 4 is 5.69 Å². The maximum Gasteiger partial charge on any atom is 0.0619 e. The number of pyridine rings is 1. The van der Waals surface area contributed by atoms with Crippen molar-refractivity contribution in [2.24, 2.45) is 10.8 Å². The first-order chi connectivity index (χ1) is 9.91. The lowest BCUT2D eigenvalue weighted by atomic mass is 9.59. The molecule has 0 amide bonds. The van der Waals surface area contributed by atoms with Gasteiger partial charge in [-0.05, 0) is 63.5 Å². The molecule has 2 nitrogen and oxygen atoms in total. The molecule has 1 aromatic heterocycles. The molecule has 124 valence electrons. The van der Waals surface area contributed by atoms with E-state index in [-0.39, 0.29) is 16.4 Å². The summed E-state index contributed by atoms with van der Waals surface area (Å²) in [6, 6.07) is 2.71. The van der Waals surface area contributed by atoms with E-state index in [1.54, 1.807) is 0 Å². The van der Waals surface area contributed by atoms with Crippen molar-refractivity contribution in [2.75, 3.05) is 4.90 Å². The van der Waals surface area contributed by atoms with Gasteiger partial charge in [-0.15, -0.1) is 0 Å². The maximum atomic E-state index is 4.77. The van der Waals surface area contributed by atoms with E-state index in [1.807, 2.05) is 0 Å². The molecule has 0 N–H and O–H groups in total. The Hall–Kier alpha value is -1.05. The molecule has 0 saturated carbocycles. The zero-order valence-corrected chi connectivity index (χ0v) is 16.3. The van der Waals surface area contributed by atoms with Gasteiger partial charge >= 0.3 is 0 Å². The maximum absolute atomic E-state index is 4.77. The number of anilines is 1. The second-order valence-corrected chi connectivity index (χ2v) is 8.53. The molecule has 1 aliphatic rings. The monoisotopic (exact) mass is 302 g/mol. The van der Waals surface area contributed by atoms with Crippen molar-refractivity contribution in [1.29, 1.82) is 0 Å². The Bertz CT molecular complexity index is 562. The van der Waals surface area contributed by atoms with Gasteiger partial charge in [-0.2, -0.15) is 0 Å². The highest BCUT2D eigenvalue weighted by atomic mass is 15.3. The molecule has 0 radical (unpaired) electrons. The van der Waals surface area contributed by atoms with Gasteiger partial charge < -0.3 is 4.90 Å². The van der Waals surface area contributed by atoms with Gasteiger partial charge in [-0.3, -0.25) is 4.98 Å². The van der Waals surface area contributed by atoms with Crippen molar-refractivity contribution in [1.82, 2.24) is 4.98 Å². The van der Waals surface area contributed by atoms with Crippen LogP contribution in [0.1, 0.15) is 71.8 Å². The minimum absolute atomic E-state index is 0.127. The van der Waals surface area contributed by atoms with E-state index in [4.69, 9.17) is 4.98 Å². The fourth-order valence-corrected chi connectivity index (χ4v) is 4.70. The van der Waals surface area contributed by atoms with Crippen LogP contribution in [0.2, 0.25) is 0 Å². The zero-order valence-electron chi connectivity index (χ0n) is 16.3. The molecule has 1 fully saturated rings. The third-order valence-corrected chi connectivity index (χ3v) is 7.34. The average molecular weight is 303 g/mol. The minimum Gasteiger partial charge on any atom is -0.361 e. The largest absolute Gasteiger partial charge is 0.361 e. The molecule has 0 aliphatic carbocycles. The van der Waals surface area contributed by atoms with Crippen LogP contribution in [-0.4, -0.2) is 16.6 Å². The number of nitrogens with zero attached hydrogens (tertiary/aromatic N) is 2. The van der Waals surface area contributed by atoms with Crippen molar-refractivity contribution < 1.29 is 0 Å². The molecule has 1 unspecified atom stereocenters. The molecule has 1 aromatic rings. The molecule has 2 atom stereocenters. The summed E-state index contributed by atoms with van der Waals surface area (Å²) in [5.41, 5.74) is 5.56. The van der Waals surface area contributed by atoms with Gasteiger partial charge in [-0.25, -0.2) is 0 Å². The van der Waals surface area contributed by atoms with Crippen LogP contribution in [0.3, 0.4) is 0 Å². The molecule has 22 heavy (non-hydrogen) atoms. The Labute approximate surface area is 137 Å². The van der Waals surface area contributed by atoms with Crippen molar-refractivity contribution in [3.63, 3.8) is 0 Å². The van der Waals surface area contributed by atoms with Crippen LogP contribution in [0.5, 0.6) is 0 Å². The average Bonchev–Trinajstić information content (AvgIpc) is 2.49. The van der Waals surface area contributed by atoms with Crippen LogP contribution >= 0.6 is 0 Å². The Balaban J connectivity index is 2.74.